The number of allylic oxidation sites excluding steroid dienone is 1. The number of nitrogens with zero attached hydrogens (tertiary/aromatic N) is 4. The molecule has 0 saturated heterocycles. The lowest BCUT2D eigenvalue weighted by Crippen LogP contribution is -2.53. The highest BCUT2D eigenvalue weighted by molar-refractivity contribution is 7.90. The predicted octanol–water partition coefficient (Wildman–Crippen LogP) is 3.69. The maximum Gasteiger partial charge on any atom is 0.416 e. The summed E-state index contributed by atoms with van der Waals surface area (Å²) in [6, 6.07) is 7.40. The van der Waals surface area contributed by atoms with Gasteiger partial charge in [0.15, 0.2) is 15.6 Å². The van der Waals surface area contributed by atoms with Gasteiger partial charge in [0.2, 0.25) is 5.91 Å². The molecule has 0 fully saturated rings. The molecule has 2 aliphatic rings. The van der Waals surface area contributed by atoms with Gasteiger partial charge in [0.05, 0.1) is 40.4 Å². The van der Waals surface area contributed by atoms with Gasteiger partial charge in [-0.1, -0.05) is 12.1 Å². The van der Waals surface area contributed by atoms with Gasteiger partial charge < -0.3 is 14.5 Å². The van der Waals surface area contributed by atoms with Gasteiger partial charge in [0, 0.05) is 44.6 Å². The molecule has 2 aromatic carbocycles. The summed E-state index contributed by atoms with van der Waals surface area (Å²) >= 11 is 0. The number of Topliss-reactive ketones (excluding diaryl/α,β-unsaturated/α-hetero) is 1. The number of methoxy groups -OCH3 is 1. The third kappa shape index (κ3) is 5.88. The Morgan fingerprint density at radius 3 is 2.50 bits per heavy atom. The molecule has 0 N–H and O–H groups in total. The van der Waals surface area contributed by atoms with Crippen molar-refractivity contribution in [2.45, 2.75) is 30.0 Å². The van der Waals surface area contributed by atoms with Crippen molar-refractivity contribution in [1.82, 2.24) is 9.80 Å². The van der Waals surface area contributed by atoms with Crippen LogP contribution in [-0.4, -0.2) is 76.0 Å². The first-order valence-corrected chi connectivity index (χ1v) is 14.6. The lowest BCUT2D eigenvalue weighted by Gasteiger charge is -2.42. The van der Waals surface area contributed by atoms with Crippen LogP contribution in [0.5, 0.6) is 0 Å². The summed E-state index contributed by atoms with van der Waals surface area (Å²) in [5, 5.41) is 9.39. The molecule has 42 heavy (non-hydrogen) atoms. The van der Waals surface area contributed by atoms with E-state index < -0.39 is 51.9 Å². The third-order valence-corrected chi connectivity index (χ3v) is 8.28. The van der Waals surface area contributed by atoms with Crippen LogP contribution in [0.3, 0.4) is 0 Å². The van der Waals surface area contributed by atoms with Crippen molar-refractivity contribution in [3.05, 3.63) is 70.4 Å². The van der Waals surface area contributed by atoms with Crippen LogP contribution in [0.15, 0.2) is 58.6 Å². The van der Waals surface area contributed by atoms with Crippen molar-refractivity contribution in [3.8, 4) is 6.07 Å². The second-order valence-electron chi connectivity index (χ2n) is 9.92. The van der Waals surface area contributed by atoms with E-state index in [-0.39, 0.29) is 59.0 Å². The minimum Gasteiger partial charge on any atom is -0.383 e. The lowest BCUT2D eigenvalue weighted by atomic mass is 9.92. The molecule has 1 aliphatic heterocycles. The first kappa shape index (κ1) is 30.7. The number of hydrogen-bond donors (Lipinski definition) is 0. The van der Waals surface area contributed by atoms with Crippen molar-refractivity contribution in [1.29, 1.82) is 5.26 Å². The molecule has 1 atom stereocenters. The van der Waals surface area contributed by atoms with Gasteiger partial charge in [-0.2, -0.15) is 18.4 Å². The van der Waals surface area contributed by atoms with Gasteiger partial charge in [-0.25, -0.2) is 13.2 Å². The fourth-order valence-corrected chi connectivity index (χ4v) is 6.00. The molecule has 1 aliphatic carbocycles. The van der Waals surface area contributed by atoms with Crippen LogP contribution in [0.2, 0.25) is 0 Å². The van der Waals surface area contributed by atoms with Gasteiger partial charge in [0.25, 0.3) is 0 Å². The monoisotopic (exact) mass is 604 g/mol. The highest BCUT2D eigenvalue weighted by Gasteiger charge is 2.48. The maximum atomic E-state index is 14.2. The second kappa shape index (κ2) is 11.6. The molecule has 3 amide bonds. The summed E-state index contributed by atoms with van der Waals surface area (Å²) in [6.45, 7) is -0.304. The van der Waals surface area contributed by atoms with Gasteiger partial charge in [-0.05, 0) is 42.3 Å². The van der Waals surface area contributed by atoms with Crippen molar-refractivity contribution in [3.63, 3.8) is 0 Å². The number of carbonyl (C=O) groups excluding carboxylic acids is 3. The van der Waals surface area contributed by atoms with Crippen LogP contribution >= 0.6 is 0 Å². The molecular weight excluding hydrogens is 577 g/mol. The summed E-state index contributed by atoms with van der Waals surface area (Å²) in [7, 11) is -1.12. The molecule has 2 aromatic rings. The minimum atomic E-state index is -4.72. The molecule has 0 spiro atoms. The van der Waals surface area contributed by atoms with Gasteiger partial charge in [-0.15, -0.1) is 0 Å². The van der Waals surface area contributed by atoms with Crippen LogP contribution < -0.4 is 4.90 Å². The fraction of sp³-hybridized carbons (Fsp3) is 0.357. The molecule has 1 unspecified atom stereocenters. The number of halogens is 3. The van der Waals surface area contributed by atoms with E-state index in [1.807, 2.05) is 6.07 Å². The molecule has 0 saturated carbocycles. The summed E-state index contributed by atoms with van der Waals surface area (Å²) in [5.74, 6) is -1.04. The number of anilines is 1. The number of nitriles is 1. The standard InChI is InChI=1S/C28H27F3N4O6S/c1-33(11-12-41-2)24(37)16-34-26(20-8-7-17(15-32)13-23(20)42(3,39)40)25-21(9-10-22(25)36)35(27(34)38)19-6-4-5-18(14-19)28(29,30)31/h4-8,13-14,26H,9-12,16H2,1-3H3. The average Bonchev–Trinajstić information content (AvgIpc) is 3.31. The lowest BCUT2D eigenvalue weighted by molar-refractivity contribution is -0.137. The molecule has 4 rings (SSSR count). The van der Waals surface area contributed by atoms with Gasteiger partial charge in [0.1, 0.15) is 6.54 Å². The first-order valence-electron chi connectivity index (χ1n) is 12.7. The molecule has 222 valence electrons. The van der Waals surface area contributed by atoms with E-state index in [1.165, 1.54) is 37.3 Å². The molecule has 0 aromatic heterocycles. The van der Waals surface area contributed by atoms with Crippen LogP contribution in [-0.2, 0) is 30.3 Å². The number of urea groups is 1. The zero-order valence-corrected chi connectivity index (χ0v) is 23.8. The normalized spacial score (nSPS) is 17.4. The van der Waals surface area contributed by atoms with E-state index in [9.17, 15) is 41.2 Å². The molecule has 14 heteroatoms. The number of rotatable bonds is 8. The van der Waals surface area contributed by atoms with Crippen LogP contribution in [0, 0.1) is 11.3 Å². The Hall–Kier alpha value is -4.22. The smallest absolute Gasteiger partial charge is 0.383 e. The van der Waals surface area contributed by atoms with Crippen molar-refractivity contribution >= 4 is 33.2 Å². The number of ketones is 1. The largest absolute Gasteiger partial charge is 0.416 e. The Morgan fingerprint density at radius 2 is 1.88 bits per heavy atom. The first-order chi connectivity index (χ1) is 19.7. The third-order valence-electron chi connectivity index (χ3n) is 7.12. The zero-order valence-electron chi connectivity index (χ0n) is 22.9. The number of amides is 3. The Kier molecular flexibility index (Phi) is 8.47. The molecule has 10 nitrogen and oxygen atoms in total. The van der Waals surface area contributed by atoms with Crippen LogP contribution in [0.4, 0.5) is 23.7 Å². The Labute approximate surface area is 240 Å². The van der Waals surface area contributed by atoms with E-state index in [0.29, 0.717) is 0 Å². The van der Waals surface area contributed by atoms with Gasteiger partial charge >= 0.3 is 12.2 Å². The van der Waals surface area contributed by atoms with E-state index in [4.69, 9.17) is 4.74 Å². The molecule has 0 bridgehead atoms. The van der Waals surface area contributed by atoms with Crippen LogP contribution in [0.1, 0.15) is 35.6 Å². The van der Waals surface area contributed by atoms with Crippen molar-refractivity contribution in [2.24, 2.45) is 0 Å². The SMILES string of the molecule is COCCN(C)C(=O)CN1C(=O)N(c2cccc(C(F)(F)F)c2)C2=C(C(=O)CC2)C1c1ccc(C#N)cc1S(C)(=O)=O. The summed E-state index contributed by atoms with van der Waals surface area (Å²) in [4.78, 5) is 43.8. The predicted molar refractivity (Wildman–Crippen MR) is 144 cm³/mol. The Bertz CT molecular complexity index is 1630. The van der Waals surface area contributed by atoms with Crippen molar-refractivity contribution < 1.29 is 40.7 Å². The summed E-state index contributed by atoms with van der Waals surface area (Å²) in [5.41, 5.74) is -1.06. The number of likely N-dealkylation sites (N-methyl/N-ethyl adjacent to an activating group) is 1. The highest BCUT2D eigenvalue weighted by Crippen LogP contribution is 2.47. The topological polar surface area (TPSA) is 128 Å². The van der Waals surface area contributed by atoms with Gasteiger partial charge in [-0.3, -0.25) is 14.5 Å². The molecular formula is C28H27F3N4O6S. The number of sulfone groups is 1. The summed E-state index contributed by atoms with van der Waals surface area (Å²) < 4.78 is 71.5. The zero-order chi connectivity index (χ0) is 31.0. The number of benzene rings is 2. The molecule has 0 radical (unpaired) electrons. The Balaban J connectivity index is 1.97. The second-order valence-corrected chi connectivity index (χ2v) is 11.9. The Morgan fingerprint density at radius 1 is 1.17 bits per heavy atom. The number of carbonyl (C=O) groups is 3. The quantitative estimate of drug-likeness (QED) is 0.450. The van der Waals surface area contributed by atoms with E-state index in [0.717, 1.165) is 40.3 Å². The fourth-order valence-electron chi connectivity index (χ4n) is 5.06. The van der Waals surface area contributed by atoms with E-state index in [2.05, 4.69) is 0 Å². The maximum absolute atomic E-state index is 14.2. The van der Waals surface area contributed by atoms with Crippen molar-refractivity contribution in [2.75, 3.05) is 45.0 Å². The molecule has 1 heterocycles. The minimum absolute atomic E-state index is 0.00559. The number of ether oxygens (including phenoxy) is 1. The summed E-state index contributed by atoms with van der Waals surface area (Å²) in [6.07, 6.45) is -3.88. The van der Waals surface area contributed by atoms with E-state index in [1.54, 1.807) is 0 Å². The number of alkyl halides is 3. The number of hydrogen-bond acceptors (Lipinski definition) is 7. The highest BCUT2D eigenvalue weighted by atomic mass is 32.2. The average molecular weight is 605 g/mol. The van der Waals surface area contributed by atoms with Crippen LogP contribution in [0.25, 0.3) is 0 Å². The van der Waals surface area contributed by atoms with E-state index >= 15 is 0 Å².